The molecule has 0 spiro atoms. The van der Waals surface area contributed by atoms with Crippen molar-refractivity contribution in [3.8, 4) is 0 Å². The molecule has 1 aromatic carbocycles. The third kappa shape index (κ3) is 3.42. The topological polar surface area (TPSA) is 26.3 Å². The van der Waals surface area contributed by atoms with Crippen LogP contribution in [-0.2, 0) is 16.0 Å². The molecule has 0 saturated carbocycles. The van der Waals surface area contributed by atoms with Gasteiger partial charge in [-0.1, -0.05) is 48.0 Å². The standard InChI is InChI=1S/C15H21BrO2/c1-4-15(5-2,18-6-3)14(17)11-12-9-7-8-10-13(12)16/h7-10H,4-6,11H2,1-3H3. The van der Waals surface area contributed by atoms with Crippen LogP contribution in [0.2, 0.25) is 0 Å². The Balaban J connectivity index is 2.89. The summed E-state index contributed by atoms with van der Waals surface area (Å²) >= 11 is 3.48. The second-order valence-electron chi connectivity index (χ2n) is 4.33. The number of carbonyl (C=O) groups excluding carboxylic acids is 1. The highest BCUT2D eigenvalue weighted by Crippen LogP contribution is 2.26. The van der Waals surface area contributed by atoms with Crippen LogP contribution < -0.4 is 0 Å². The minimum Gasteiger partial charge on any atom is -0.368 e. The van der Waals surface area contributed by atoms with Crippen LogP contribution in [0.25, 0.3) is 0 Å². The third-order valence-corrected chi connectivity index (χ3v) is 4.15. The number of rotatable bonds is 7. The quantitative estimate of drug-likeness (QED) is 0.755. The molecule has 0 amide bonds. The molecule has 0 fully saturated rings. The maximum atomic E-state index is 12.5. The van der Waals surface area contributed by atoms with Crippen molar-refractivity contribution in [3.63, 3.8) is 0 Å². The van der Waals surface area contributed by atoms with Gasteiger partial charge in [0.05, 0.1) is 0 Å². The second-order valence-corrected chi connectivity index (χ2v) is 5.18. The Morgan fingerprint density at radius 2 is 1.83 bits per heavy atom. The molecular weight excluding hydrogens is 292 g/mol. The molecule has 0 saturated heterocycles. The summed E-state index contributed by atoms with van der Waals surface area (Å²) < 4.78 is 6.72. The van der Waals surface area contributed by atoms with Gasteiger partial charge in [0.2, 0.25) is 0 Å². The first-order valence-electron chi connectivity index (χ1n) is 6.50. The minimum absolute atomic E-state index is 0.168. The van der Waals surface area contributed by atoms with Crippen molar-refractivity contribution in [3.05, 3.63) is 34.3 Å². The van der Waals surface area contributed by atoms with Crippen LogP contribution in [-0.4, -0.2) is 18.0 Å². The molecule has 2 nitrogen and oxygen atoms in total. The molecule has 0 bridgehead atoms. The van der Waals surface area contributed by atoms with E-state index in [2.05, 4.69) is 15.9 Å². The van der Waals surface area contributed by atoms with Crippen LogP contribution in [0.1, 0.15) is 39.2 Å². The molecule has 0 unspecified atom stereocenters. The Morgan fingerprint density at radius 3 is 2.33 bits per heavy atom. The summed E-state index contributed by atoms with van der Waals surface area (Å²) in [6.45, 7) is 6.53. The summed E-state index contributed by atoms with van der Waals surface area (Å²) in [5, 5.41) is 0. The van der Waals surface area contributed by atoms with Gasteiger partial charge in [-0.2, -0.15) is 0 Å². The number of hydrogen-bond acceptors (Lipinski definition) is 2. The van der Waals surface area contributed by atoms with E-state index in [9.17, 15) is 4.79 Å². The van der Waals surface area contributed by atoms with Crippen molar-refractivity contribution in [1.29, 1.82) is 0 Å². The van der Waals surface area contributed by atoms with E-state index in [4.69, 9.17) is 4.74 Å². The van der Waals surface area contributed by atoms with Crippen molar-refractivity contribution in [2.24, 2.45) is 0 Å². The van der Waals surface area contributed by atoms with E-state index in [0.717, 1.165) is 22.9 Å². The molecule has 0 heterocycles. The lowest BCUT2D eigenvalue weighted by molar-refractivity contribution is -0.144. The van der Waals surface area contributed by atoms with E-state index >= 15 is 0 Å². The van der Waals surface area contributed by atoms with Gasteiger partial charge in [-0.3, -0.25) is 4.79 Å². The van der Waals surface area contributed by atoms with E-state index in [-0.39, 0.29) is 5.78 Å². The largest absolute Gasteiger partial charge is 0.368 e. The number of benzene rings is 1. The number of carbonyl (C=O) groups is 1. The summed E-state index contributed by atoms with van der Waals surface area (Å²) in [4.78, 5) is 12.5. The fourth-order valence-corrected chi connectivity index (χ4v) is 2.61. The van der Waals surface area contributed by atoms with E-state index in [1.807, 2.05) is 45.0 Å². The highest BCUT2D eigenvalue weighted by atomic mass is 79.9. The maximum absolute atomic E-state index is 12.5. The molecular formula is C15H21BrO2. The average molecular weight is 313 g/mol. The molecule has 100 valence electrons. The fourth-order valence-electron chi connectivity index (χ4n) is 2.18. The molecule has 1 aromatic rings. The van der Waals surface area contributed by atoms with Crippen molar-refractivity contribution >= 4 is 21.7 Å². The van der Waals surface area contributed by atoms with Crippen molar-refractivity contribution in [1.82, 2.24) is 0 Å². The van der Waals surface area contributed by atoms with Gasteiger partial charge in [-0.25, -0.2) is 0 Å². The first-order valence-corrected chi connectivity index (χ1v) is 7.29. The fraction of sp³-hybridized carbons (Fsp3) is 0.533. The Hall–Kier alpha value is -0.670. The predicted molar refractivity (Wildman–Crippen MR) is 77.8 cm³/mol. The predicted octanol–water partition coefficient (Wildman–Crippen LogP) is 4.16. The third-order valence-electron chi connectivity index (χ3n) is 3.38. The van der Waals surface area contributed by atoms with Crippen molar-refractivity contribution in [2.75, 3.05) is 6.61 Å². The average Bonchev–Trinajstić information content (AvgIpc) is 2.38. The zero-order valence-electron chi connectivity index (χ0n) is 11.3. The van der Waals surface area contributed by atoms with Gasteiger partial charge in [-0.05, 0) is 31.4 Å². The summed E-state index contributed by atoms with van der Waals surface area (Å²) in [5.74, 6) is 0.168. The van der Waals surface area contributed by atoms with Gasteiger partial charge in [-0.15, -0.1) is 0 Å². The van der Waals surface area contributed by atoms with E-state index in [1.165, 1.54) is 0 Å². The molecule has 1 rings (SSSR count). The monoisotopic (exact) mass is 312 g/mol. The Kier molecular flexibility index (Phi) is 6.03. The number of ketones is 1. The normalized spacial score (nSPS) is 11.6. The number of halogens is 1. The van der Waals surface area contributed by atoms with Crippen molar-refractivity contribution < 1.29 is 9.53 Å². The van der Waals surface area contributed by atoms with E-state index in [1.54, 1.807) is 0 Å². The minimum atomic E-state index is -0.621. The molecule has 3 heteroatoms. The number of Topliss-reactive ketones (excluding diaryl/α,β-unsaturated/α-hetero) is 1. The van der Waals surface area contributed by atoms with Crippen LogP contribution in [0.15, 0.2) is 28.7 Å². The number of ether oxygens (including phenoxy) is 1. The first-order chi connectivity index (χ1) is 8.59. The lowest BCUT2D eigenvalue weighted by Crippen LogP contribution is -2.41. The van der Waals surface area contributed by atoms with Gasteiger partial charge in [0.1, 0.15) is 5.60 Å². The van der Waals surface area contributed by atoms with Crippen LogP contribution in [0.3, 0.4) is 0 Å². The molecule has 0 aliphatic carbocycles. The molecule has 18 heavy (non-hydrogen) atoms. The van der Waals surface area contributed by atoms with Crippen LogP contribution in [0, 0.1) is 0 Å². The van der Waals surface area contributed by atoms with Crippen LogP contribution in [0.4, 0.5) is 0 Å². The lowest BCUT2D eigenvalue weighted by Gasteiger charge is -2.30. The highest BCUT2D eigenvalue weighted by Gasteiger charge is 2.35. The molecule has 0 aromatic heterocycles. The Labute approximate surface area is 118 Å². The zero-order valence-corrected chi connectivity index (χ0v) is 12.9. The molecule has 0 atom stereocenters. The smallest absolute Gasteiger partial charge is 0.168 e. The summed E-state index contributed by atoms with van der Waals surface area (Å²) in [5.41, 5.74) is 0.401. The van der Waals surface area contributed by atoms with Crippen LogP contribution in [0.5, 0.6) is 0 Å². The molecule has 0 radical (unpaired) electrons. The van der Waals surface area contributed by atoms with E-state index < -0.39 is 5.60 Å². The van der Waals surface area contributed by atoms with Gasteiger partial charge in [0.25, 0.3) is 0 Å². The molecule has 0 aliphatic heterocycles. The van der Waals surface area contributed by atoms with Gasteiger partial charge >= 0.3 is 0 Å². The first kappa shape index (κ1) is 15.4. The Bertz CT molecular complexity index is 397. The summed E-state index contributed by atoms with van der Waals surface area (Å²) in [6, 6.07) is 7.84. The molecule has 0 aliphatic rings. The van der Waals surface area contributed by atoms with Gasteiger partial charge in [0.15, 0.2) is 5.78 Å². The highest BCUT2D eigenvalue weighted by molar-refractivity contribution is 9.10. The summed E-state index contributed by atoms with van der Waals surface area (Å²) in [6.07, 6.45) is 1.87. The lowest BCUT2D eigenvalue weighted by atomic mass is 9.88. The van der Waals surface area contributed by atoms with Gasteiger partial charge < -0.3 is 4.74 Å². The molecule has 0 N–H and O–H groups in total. The summed E-state index contributed by atoms with van der Waals surface area (Å²) in [7, 11) is 0. The van der Waals surface area contributed by atoms with E-state index in [0.29, 0.717) is 13.0 Å². The SMILES string of the molecule is CCOC(CC)(CC)C(=O)Cc1ccccc1Br. The zero-order chi connectivity index (χ0) is 13.6. The van der Waals surface area contributed by atoms with Crippen LogP contribution >= 0.6 is 15.9 Å². The number of hydrogen-bond donors (Lipinski definition) is 0. The van der Waals surface area contributed by atoms with Crippen molar-refractivity contribution in [2.45, 2.75) is 45.6 Å². The van der Waals surface area contributed by atoms with Gasteiger partial charge in [0, 0.05) is 17.5 Å². The second kappa shape index (κ2) is 7.05. The maximum Gasteiger partial charge on any atom is 0.168 e. The Morgan fingerprint density at radius 1 is 1.22 bits per heavy atom.